The number of hydrogen-bond acceptors (Lipinski definition) is 3. The van der Waals surface area contributed by atoms with Crippen LogP contribution in [0.5, 0.6) is 0 Å². The minimum Gasteiger partial charge on any atom is -0.387 e. The maximum atomic E-state index is 14.6. The van der Waals surface area contributed by atoms with Crippen LogP contribution in [0.4, 0.5) is 42.1 Å². The maximum Gasteiger partial charge on any atom is 0.435 e. The first-order valence-corrected chi connectivity index (χ1v) is 9.76. The lowest BCUT2D eigenvalue weighted by atomic mass is 9.88. The van der Waals surface area contributed by atoms with Crippen molar-refractivity contribution >= 4 is 17.3 Å². The first-order valence-electron chi connectivity index (χ1n) is 9.76. The third-order valence-corrected chi connectivity index (χ3v) is 5.15. The van der Waals surface area contributed by atoms with Crippen molar-refractivity contribution in [2.24, 2.45) is 0 Å². The predicted molar refractivity (Wildman–Crippen MR) is 109 cm³/mol. The zero-order valence-corrected chi connectivity index (χ0v) is 17.8. The zero-order chi connectivity index (χ0) is 25.2. The number of nitrogens with one attached hydrogen (secondary N) is 2. The number of halogens is 7. The van der Waals surface area contributed by atoms with Gasteiger partial charge >= 0.3 is 18.0 Å². The van der Waals surface area contributed by atoms with E-state index in [1.807, 2.05) is 6.07 Å². The molecule has 11 heteroatoms. The van der Waals surface area contributed by atoms with Gasteiger partial charge in [0.25, 0.3) is 5.91 Å². The molecule has 0 unspecified atom stereocenters. The second-order valence-electron chi connectivity index (χ2n) is 7.11. The topological polar surface area (TPSA) is 64.9 Å². The summed E-state index contributed by atoms with van der Waals surface area (Å²) in [5.74, 6) is -0.703. The number of nitriles is 1. The van der Waals surface area contributed by atoms with Gasteiger partial charge in [-0.05, 0) is 54.3 Å². The standard InChI is InChI=1S/C22H20F7N3O/c1-4-12-8-16(20(23,21(24,25)26)22(27,28)29)9-13(5-2)18(12)32-19(33)14-6-7-15(11-30)17(10-14)31-3/h6-10,31H,4-5H2,1-3H3,(H,32,33). The zero-order valence-electron chi connectivity index (χ0n) is 17.8. The van der Waals surface area contributed by atoms with E-state index in [0.717, 1.165) is 0 Å². The van der Waals surface area contributed by atoms with Crippen LogP contribution in [-0.4, -0.2) is 25.3 Å². The normalized spacial score (nSPS) is 12.3. The van der Waals surface area contributed by atoms with E-state index in [1.54, 1.807) is 0 Å². The number of carbonyl (C=O) groups is 1. The largest absolute Gasteiger partial charge is 0.435 e. The molecule has 2 aromatic rings. The molecule has 4 nitrogen and oxygen atoms in total. The van der Waals surface area contributed by atoms with E-state index in [-0.39, 0.29) is 40.8 Å². The van der Waals surface area contributed by atoms with Crippen LogP contribution in [0.15, 0.2) is 30.3 Å². The van der Waals surface area contributed by atoms with Gasteiger partial charge in [-0.3, -0.25) is 4.79 Å². The number of amides is 1. The fourth-order valence-electron chi connectivity index (χ4n) is 3.35. The van der Waals surface area contributed by atoms with Gasteiger partial charge in [-0.15, -0.1) is 0 Å². The molecule has 178 valence electrons. The summed E-state index contributed by atoms with van der Waals surface area (Å²) in [4.78, 5) is 12.8. The Morgan fingerprint density at radius 2 is 1.45 bits per heavy atom. The van der Waals surface area contributed by atoms with Gasteiger partial charge in [0, 0.05) is 23.9 Å². The van der Waals surface area contributed by atoms with Gasteiger partial charge in [0.15, 0.2) is 0 Å². The molecule has 33 heavy (non-hydrogen) atoms. The Morgan fingerprint density at radius 1 is 0.939 bits per heavy atom. The van der Waals surface area contributed by atoms with Crippen LogP contribution >= 0.6 is 0 Å². The minimum absolute atomic E-state index is 0.0100. The summed E-state index contributed by atoms with van der Waals surface area (Å²) in [5.41, 5.74) is -6.61. The fourth-order valence-corrected chi connectivity index (χ4v) is 3.35. The van der Waals surface area contributed by atoms with E-state index in [1.165, 1.54) is 39.1 Å². The molecule has 0 spiro atoms. The van der Waals surface area contributed by atoms with Crippen molar-refractivity contribution in [3.63, 3.8) is 0 Å². The molecule has 0 bridgehead atoms. The summed E-state index contributed by atoms with van der Waals surface area (Å²) in [7, 11) is 1.53. The van der Waals surface area contributed by atoms with Gasteiger partial charge in [0.1, 0.15) is 6.07 Å². The van der Waals surface area contributed by atoms with Crippen molar-refractivity contribution in [1.82, 2.24) is 0 Å². The monoisotopic (exact) mass is 475 g/mol. The molecular weight excluding hydrogens is 455 g/mol. The third-order valence-electron chi connectivity index (χ3n) is 5.15. The number of hydrogen-bond donors (Lipinski definition) is 2. The van der Waals surface area contributed by atoms with Crippen molar-refractivity contribution in [2.45, 2.75) is 44.7 Å². The van der Waals surface area contributed by atoms with Gasteiger partial charge in [-0.2, -0.15) is 31.6 Å². The van der Waals surface area contributed by atoms with Crippen LogP contribution in [0.1, 0.15) is 46.5 Å². The molecule has 0 radical (unpaired) electrons. The van der Waals surface area contributed by atoms with E-state index in [4.69, 9.17) is 5.26 Å². The second-order valence-corrected chi connectivity index (χ2v) is 7.11. The van der Waals surface area contributed by atoms with Gasteiger partial charge < -0.3 is 10.6 Å². The number of rotatable bonds is 6. The highest BCUT2D eigenvalue weighted by Crippen LogP contribution is 2.54. The lowest BCUT2D eigenvalue weighted by molar-refractivity contribution is -0.348. The predicted octanol–water partition coefficient (Wildman–Crippen LogP) is 6.27. The quantitative estimate of drug-likeness (QED) is 0.485. The molecule has 0 atom stereocenters. The summed E-state index contributed by atoms with van der Waals surface area (Å²) in [5, 5.41) is 14.3. The third kappa shape index (κ3) is 4.74. The van der Waals surface area contributed by atoms with E-state index in [2.05, 4.69) is 10.6 Å². The second kappa shape index (κ2) is 9.29. The average Bonchev–Trinajstić information content (AvgIpc) is 2.76. The van der Waals surface area contributed by atoms with E-state index in [0.29, 0.717) is 17.8 Å². The van der Waals surface area contributed by atoms with Gasteiger partial charge in [-0.1, -0.05) is 13.8 Å². The number of nitrogens with zero attached hydrogens (tertiary/aromatic N) is 1. The Labute approximate surface area is 185 Å². The summed E-state index contributed by atoms with van der Waals surface area (Å²) in [6, 6.07) is 7.00. The van der Waals surface area contributed by atoms with Crippen molar-refractivity contribution in [1.29, 1.82) is 5.26 Å². The number of carbonyl (C=O) groups excluding carboxylic acids is 1. The molecule has 1 amide bonds. The van der Waals surface area contributed by atoms with Crippen molar-refractivity contribution < 1.29 is 35.5 Å². The molecule has 0 aliphatic carbocycles. The van der Waals surface area contributed by atoms with E-state index >= 15 is 0 Å². The number of benzene rings is 2. The highest BCUT2D eigenvalue weighted by molar-refractivity contribution is 6.06. The van der Waals surface area contributed by atoms with E-state index in [9.17, 15) is 35.5 Å². The first-order chi connectivity index (χ1) is 15.2. The fraction of sp³-hybridized carbons (Fsp3) is 0.364. The Kier molecular flexibility index (Phi) is 7.31. The molecule has 0 fully saturated rings. The van der Waals surface area contributed by atoms with Crippen LogP contribution < -0.4 is 10.6 Å². The van der Waals surface area contributed by atoms with Gasteiger partial charge in [0.05, 0.1) is 11.3 Å². The van der Waals surface area contributed by atoms with Crippen molar-refractivity contribution in [3.05, 3.63) is 58.1 Å². The maximum absolute atomic E-state index is 14.6. The molecular formula is C22H20F7N3O. The van der Waals surface area contributed by atoms with Crippen LogP contribution in [-0.2, 0) is 18.5 Å². The smallest absolute Gasteiger partial charge is 0.387 e. The number of alkyl halides is 7. The van der Waals surface area contributed by atoms with Gasteiger partial charge in [0.2, 0.25) is 0 Å². The molecule has 0 aliphatic heterocycles. The average molecular weight is 475 g/mol. The van der Waals surface area contributed by atoms with Gasteiger partial charge in [-0.25, -0.2) is 4.39 Å². The molecule has 2 aromatic carbocycles. The number of anilines is 2. The van der Waals surface area contributed by atoms with Crippen molar-refractivity contribution in [2.75, 3.05) is 17.7 Å². The summed E-state index contributed by atoms with van der Waals surface area (Å²) >= 11 is 0. The Hall–Kier alpha value is -3.29. The summed E-state index contributed by atoms with van der Waals surface area (Å²) in [6.45, 7) is 2.91. The molecule has 0 heterocycles. The van der Waals surface area contributed by atoms with E-state index < -0.39 is 29.5 Å². The first kappa shape index (κ1) is 26.0. The SMILES string of the molecule is CCc1cc(C(F)(C(F)(F)F)C(F)(F)F)cc(CC)c1NC(=O)c1ccc(C#N)c(NC)c1. The molecule has 0 aliphatic rings. The minimum atomic E-state index is -6.24. The molecule has 2 rings (SSSR count). The Morgan fingerprint density at radius 3 is 1.85 bits per heavy atom. The highest BCUT2D eigenvalue weighted by atomic mass is 19.4. The van der Waals surface area contributed by atoms with Crippen LogP contribution in [0.25, 0.3) is 0 Å². The van der Waals surface area contributed by atoms with Crippen LogP contribution in [0, 0.1) is 11.3 Å². The molecule has 0 saturated heterocycles. The van der Waals surface area contributed by atoms with Crippen LogP contribution in [0.3, 0.4) is 0 Å². The van der Waals surface area contributed by atoms with Crippen LogP contribution in [0.2, 0.25) is 0 Å². The van der Waals surface area contributed by atoms with Crippen molar-refractivity contribution in [3.8, 4) is 6.07 Å². The molecule has 0 aromatic heterocycles. The Balaban J connectivity index is 2.61. The lowest BCUT2D eigenvalue weighted by Crippen LogP contribution is -2.50. The Bertz CT molecular complexity index is 1050. The molecule has 2 N–H and O–H groups in total. The summed E-state index contributed by atoms with van der Waals surface area (Å²) in [6.07, 6.45) is -12.6. The summed E-state index contributed by atoms with van der Waals surface area (Å²) < 4.78 is 94.0. The lowest BCUT2D eigenvalue weighted by Gasteiger charge is -2.31. The molecule has 0 saturated carbocycles. The number of aryl methyl sites for hydroxylation is 2. The highest BCUT2D eigenvalue weighted by Gasteiger charge is 2.73.